The van der Waals surface area contributed by atoms with Crippen LogP contribution in [0.15, 0.2) is 18.2 Å². The Bertz CT molecular complexity index is 388. The van der Waals surface area contributed by atoms with Gasteiger partial charge in [-0.05, 0) is 30.5 Å². The highest BCUT2D eigenvalue weighted by molar-refractivity contribution is 6.32. The zero-order valence-corrected chi connectivity index (χ0v) is 12.3. The second-order valence-electron chi connectivity index (χ2n) is 4.47. The van der Waals surface area contributed by atoms with Gasteiger partial charge < -0.3 is 20.9 Å². The van der Waals surface area contributed by atoms with Gasteiger partial charge in [0.1, 0.15) is 5.75 Å². The fourth-order valence-electron chi connectivity index (χ4n) is 2.05. The van der Waals surface area contributed by atoms with Crippen LogP contribution in [0.2, 0.25) is 5.02 Å². The standard InChI is InChI=1S/C14H23ClN2O2/c1-3-11(6-7-18)17-13(9-16)10-4-5-14(19-2)12(15)8-10/h4-5,8,11,13,17-18H,3,6-7,9,16H2,1-2H3. The third-order valence-corrected chi connectivity index (χ3v) is 3.52. The van der Waals surface area contributed by atoms with E-state index < -0.39 is 0 Å². The first-order valence-corrected chi connectivity index (χ1v) is 6.94. The maximum Gasteiger partial charge on any atom is 0.137 e. The summed E-state index contributed by atoms with van der Waals surface area (Å²) in [5.41, 5.74) is 6.86. The Kier molecular flexibility index (Phi) is 7.16. The maximum absolute atomic E-state index is 9.03. The fraction of sp³-hybridized carbons (Fsp3) is 0.571. The molecule has 0 spiro atoms. The summed E-state index contributed by atoms with van der Waals surface area (Å²) in [6.45, 7) is 2.73. The third kappa shape index (κ3) is 4.66. The van der Waals surface area contributed by atoms with E-state index in [9.17, 15) is 0 Å². The summed E-state index contributed by atoms with van der Waals surface area (Å²) in [5, 5.41) is 13.1. The second-order valence-corrected chi connectivity index (χ2v) is 4.87. The molecule has 0 aliphatic rings. The van der Waals surface area contributed by atoms with Crippen LogP contribution < -0.4 is 15.8 Å². The second kappa shape index (κ2) is 8.38. The lowest BCUT2D eigenvalue weighted by molar-refractivity contribution is 0.256. The van der Waals surface area contributed by atoms with Gasteiger partial charge in [0.25, 0.3) is 0 Å². The minimum atomic E-state index is 0.0277. The number of aliphatic hydroxyl groups is 1. The Labute approximate surface area is 119 Å². The fourth-order valence-corrected chi connectivity index (χ4v) is 2.31. The van der Waals surface area contributed by atoms with Crippen molar-refractivity contribution in [1.29, 1.82) is 0 Å². The highest BCUT2D eigenvalue weighted by Crippen LogP contribution is 2.27. The van der Waals surface area contributed by atoms with Gasteiger partial charge in [-0.3, -0.25) is 0 Å². The molecular weight excluding hydrogens is 264 g/mol. The number of aliphatic hydroxyl groups excluding tert-OH is 1. The van der Waals surface area contributed by atoms with Gasteiger partial charge in [-0.2, -0.15) is 0 Å². The summed E-state index contributed by atoms with van der Waals surface area (Å²) in [5.74, 6) is 0.656. The molecule has 4 N–H and O–H groups in total. The van der Waals surface area contributed by atoms with Gasteiger partial charge in [-0.25, -0.2) is 0 Å². The maximum atomic E-state index is 9.03. The number of hydrogen-bond donors (Lipinski definition) is 3. The van der Waals surface area contributed by atoms with Gasteiger partial charge in [0.05, 0.1) is 12.1 Å². The van der Waals surface area contributed by atoms with Crippen LogP contribution in [0.3, 0.4) is 0 Å². The van der Waals surface area contributed by atoms with Crippen LogP contribution >= 0.6 is 11.6 Å². The van der Waals surface area contributed by atoms with E-state index in [1.807, 2.05) is 18.2 Å². The first-order chi connectivity index (χ1) is 9.15. The lowest BCUT2D eigenvalue weighted by Crippen LogP contribution is -2.37. The van der Waals surface area contributed by atoms with Gasteiger partial charge in [0.15, 0.2) is 0 Å². The SMILES string of the molecule is CCC(CCO)NC(CN)c1ccc(OC)c(Cl)c1. The minimum Gasteiger partial charge on any atom is -0.495 e. The van der Waals surface area contributed by atoms with Crippen molar-refractivity contribution in [1.82, 2.24) is 5.32 Å². The van der Waals surface area contributed by atoms with E-state index in [0.29, 0.717) is 17.3 Å². The summed E-state index contributed by atoms with van der Waals surface area (Å²) in [7, 11) is 1.59. The molecule has 2 atom stereocenters. The summed E-state index contributed by atoms with van der Waals surface area (Å²) in [4.78, 5) is 0. The average Bonchev–Trinajstić information content (AvgIpc) is 2.43. The van der Waals surface area contributed by atoms with Crippen molar-refractivity contribution in [3.63, 3.8) is 0 Å². The lowest BCUT2D eigenvalue weighted by atomic mass is 10.0. The van der Waals surface area contributed by atoms with E-state index in [0.717, 1.165) is 18.4 Å². The molecule has 0 radical (unpaired) electrons. The molecule has 108 valence electrons. The van der Waals surface area contributed by atoms with E-state index in [-0.39, 0.29) is 18.7 Å². The van der Waals surface area contributed by atoms with Crippen molar-refractivity contribution >= 4 is 11.6 Å². The first-order valence-electron chi connectivity index (χ1n) is 6.56. The van der Waals surface area contributed by atoms with Crippen LogP contribution in [0.4, 0.5) is 0 Å². The van der Waals surface area contributed by atoms with Crippen molar-refractivity contribution < 1.29 is 9.84 Å². The van der Waals surface area contributed by atoms with Crippen LogP contribution in [0.5, 0.6) is 5.75 Å². The summed E-state index contributed by atoms with van der Waals surface area (Å²) in [6, 6.07) is 5.95. The molecule has 4 nitrogen and oxygen atoms in total. The molecule has 0 saturated carbocycles. The van der Waals surface area contributed by atoms with Crippen LogP contribution in [-0.2, 0) is 0 Å². The highest BCUT2D eigenvalue weighted by Gasteiger charge is 2.15. The number of nitrogens with two attached hydrogens (primary N) is 1. The molecule has 0 aliphatic carbocycles. The number of nitrogens with one attached hydrogen (secondary N) is 1. The smallest absolute Gasteiger partial charge is 0.137 e. The minimum absolute atomic E-state index is 0.0277. The van der Waals surface area contributed by atoms with Gasteiger partial charge in [0, 0.05) is 25.2 Å². The molecule has 1 aromatic carbocycles. The Morgan fingerprint density at radius 2 is 2.21 bits per heavy atom. The quantitative estimate of drug-likeness (QED) is 0.685. The molecule has 0 fully saturated rings. The zero-order chi connectivity index (χ0) is 14.3. The van der Waals surface area contributed by atoms with E-state index in [2.05, 4.69) is 12.2 Å². The average molecular weight is 287 g/mol. The number of benzene rings is 1. The normalized spacial score (nSPS) is 14.2. The van der Waals surface area contributed by atoms with Crippen LogP contribution in [0, 0.1) is 0 Å². The van der Waals surface area contributed by atoms with Crippen LogP contribution in [-0.4, -0.2) is 31.4 Å². The zero-order valence-electron chi connectivity index (χ0n) is 11.5. The van der Waals surface area contributed by atoms with Gasteiger partial charge in [-0.15, -0.1) is 0 Å². The molecule has 1 aromatic rings. The van der Waals surface area contributed by atoms with Crippen molar-refractivity contribution in [3.8, 4) is 5.75 Å². The molecule has 0 amide bonds. The summed E-state index contributed by atoms with van der Waals surface area (Å²) >= 11 is 6.13. The molecule has 1 rings (SSSR count). The van der Waals surface area contributed by atoms with E-state index in [1.165, 1.54) is 0 Å². The highest BCUT2D eigenvalue weighted by atomic mass is 35.5. The number of rotatable bonds is 8. The first kappa shape index (κ1) is 16.2. The number of halogens is 1. The summed E-state index contributed by atoms with van der Waals surface area (Å²) in [6.07, 6.45) is 1.66. The monoisotopic (exact) mass is 286 g/mol. The Morgan fingerprint density at radius 1 is 1.47 bits per heavy atom. The number of methoxy groups -OCH3 is 1. The van der Waals surface area contributed by atoms with Crippen molar-refractivity contribution in [2.24, 2.45) is 5.73 Å². The molecule has 19 heavy (non-hydrogen) atoms. The van der Waals surface area contributed by atoms with Crippen molar-refractivity contribution in [3.05, 3.63) is 28.8 Å². The van der Waals surface area contributed by atoms with Gasteiger partial charge >= 0.3 is 0 Å². The van der Waals surface area contributed by atoms with Crippen molar-refractivity contribution in [2.75, 3.05) is 20.3 Å². The Morgan fingerprint density at radius 3 is 2.68 bits per heavy atom. The van der Waals surface area contributed by atoms with Gasteiger partial charge in [0.2, 0.25) is 0 Å². The van der Waals surface area contributed by atoms with E-state index in [4.69, 9.17) is 27.2 Å². The van der Waals surface area contributed by atoms with Crippen LogP contribution in [0.1, 0.15) is 31.4 Å². The Hall–Kier alpha value is -0.810. The molecule has 5 heteroatoms. The molecule has 0 saturated heterocycles. The lowest BCUT2D eigenvalue weighted by Gasteiger charge is -2.24. The topological polar surface area (TPSA) is 67.5 Å². The van der Waals surface area contributed by atoms with E-state index in [1.54, 1.807) is 7.11 Å². The van der Waals surface area contributed by atoms with Crippen molar-refractivity contribution in [2.45, 2.75) is 31.8 Å². The van der Waals surface area contributed by atoms with Crippen LogP contribution in [0.25, 0.3) is 0 Å². The number of hydrogen-bond acceptors (Lipinski definition) is 4. The molecule has 0 heterocycles. The molecule has 0 aromatic heterocycles. The predicted octanol–water partition coefficient (Wildman–Crippen LogP) is 2.10. The third-order valence-electron chi connectivity index (χ3n) is 3.22. The molecular formula is C14H23ClN2O2. The largest absolute Gasteiger partial charge is 0.495 e. The molecule has 0 aliphatic heterocycles. The molecule has 0 bridgehead atoms. The van der Waals surface area contributed by atoms with Gasteiger partial charge in [-0.1, -0.05) is 24.6 Å². The number of ether oxygens (including phenoxy) is 1. The predicted molar refractivity (Wildman–Crippen MR) is 78.7 cm³/mol. The Balaban J connectivity index is 2.81. The van der Waals surface area contributed by atoms with E-state index >= 15 is 0 Å². The molecule has 2 unspecified atom stereocenters. The summed E-state index contributed by atoms with van der Waals surface area (Å²) < 4.78 is 5.14.